The van der Waals surface area contributed by atoms with Crippen molar-refractivity contribution in [2.24, 2.45) is 0 Å². The van der Waals surface area contributed by atoms with Crippen molar-refractivity contribution in [2.45, 2.75) is 32.1 Å². The Balaban J connectivity index is 1.71. The fourth-order valence-corrected chi connectivity index (χ4v) is 3.43. The van der Waals surface area contributed by atoms with Gasteiger partial charge in [-0.3, -0.25) is 4.79 Å². The molecule has 1 fully saturated rings. The van der Waals surface area contributed by atoms with Crippen molar-refractivity contribution < 1.29 is 14.7 Å². The average molecular weight is 338 g/mol. The number of likely N-dealkylation sites (tertiary alicyclic amines) is 1. The molecule has 0 aliphatic carbocycles. The number of pyridine rings is 1. The molecule has 5 nitrogen and oxygen atoms in total. The van der Waals surface area contributed by atoms with E-state index in [1.807, 2.05) is 11.0 Å². The predicted octanol–water partition coefficient (Wildman–Crippen LogP) is 3.50. The molecule has 5 heteroatoms. The molecule has 1 N–H and O–H groups in total. The van der Waals surface area contributed by atoms with Crippen molar-refractivity contribution in [3.05, 3.63) is 65.0 Å². The normalized spacial score (nSPS) is 17.8. The van der Waals surface area contributed by atoms with Gasteiger partial charge in [-0.05, 0) is 49.8 Å². The number of carboxylic acids is 1. The number of benzene rings is 1. The van der Waals surface area contributed by atoms with Gasteiger partial charge in [0.05, 0.1) is 11.3 Å². The summed E-state index contributed by atoms with van der Waals surface area (Å²) in [6.45, 7) is 3.03. The second kappa shape index (κ2) is 7.47. The summed E-state index contributed by atoms with van der Waals surface area (Å²) in [6.07, 6.45) is 2.96. The van der Waals surface area contributed by atoms with E-state index in [9.17, 15) is 9.59 Å². The summed E-state index contributed by atoms with van der Waals surface area (Å²) in [7, 11) is 0. The molecule has 3 rings (SSSR count). The Kier molecular flexibility index (Phi) is 5.12. The first-order valence-electron chi connectivity index (χ1n) is 8.61. The van der Waals surface area contributed by atoms with E-state index in [0.717, 1.165) is 19.3 Å². The molecule has 1 aliphatic heterocycles. The maximum absolute atomic E-state index is 12.7. The van der Waals surface area contributed by atoms with Crippen molar-refractivity contribution in [1.82, 2.24) is 9.88 Å². The van der Waals surface area contributed by atoms with Crippen LogP contribution in [0.2, 0.25) is 0 Å². The molecule has 2 aromatic rings. The topological polar surface area (TPSA) is 70.5 Å². The van der Waals surface area contributed by atoms with E-state index in [0.29, 0.717) is 30.4 Å². The Bertz CT molecular complexity index is 774. The molecule has 2 heterocycles. The van der Waals surface area contributed by atoms with Gasteiger partial charge in [-0.15, -0.1) is 0 Å². The van der Waals surface area contributed by atoms with Gasteiger partial charge in [0.25, 0.3) is 5.91 Å². The van der Waals surface area contributed by atoms with Crippen LogP contribution < -0.4 is 0 Å². The number of hydrogen-bond acceptors (Lipinski definition) is 3. The molecule has 1 saturated heterocycles. The summed E-state index contributed by atoms with van der Waals surface area (Å²) in [5.41, 5.74) is 2.16. The fourth-order valence-electron chi connectivity index (χ4n) is 3.43. The molecule has 0 saturated carbocycles. The van der Waals surface area contributed by atoms with E-state index >= 15 is 0 Å². The minimum absolute atomic E-state index is 0.117. The summed E-state index contributed by atoms with van der Waals surface area (Å²) in [6, 6.07) is 13.4. The molecule has 0 spiro atoms. The fraction of sp³-hybridized carbons (Fsp3) is 0.350. The van der Waals surface area contributed by atoms with Crippen LogP contribution in [0.5, 0.6) is 0 Å². The van der Waals surface area contributed by atoms with E-state index in [1.54, 1.807) is 6.92 Å². The van der Waals surface area contributed by atoms with Crippen LogP contribution >= 0.6 is 0 Å². The van der Waals surface area contributed by atoms with Crippen LogP contribution in [0.15, 0.2) is 42.5 Å². The molecule has 1 aliphatic rings. The quantitative estimate of drug-likeness (QED) is 0.930. The number of carboxylic acid groups (broad SMARTS) is 1. The van der Waals surface area contributed by atoms with Gasteiger partial charge in [-0.1, -0.05) is 30.3 Å². The lowest BCUT2D eigenvalue weighted by Crippen LogP contribution is -2.32. The molecule has 1 unspecified atom stereocenters. The number of rotatable bonds is 3. The van der Waals surface area contributed by atoms with E-state index in [2.05, 4.69) is 29.2 Å². The lowest BCUT2D eigenvalue weighted by molar-refractivity contribution is 0.0691. The van der Waals surface area contributed by atoms with Crippen LogP contribution in [0, 0.1) is 6.92 Å². The number of carbonyl (C=O) groups excluding carboxylic acids is 1. The van der Waals surface area contributed by atoms with E-state index in [-0.39, 0.29) is 11.5 Å². The summed E-state index contributed by atoms with van der Waals surface area (Å²) in [5, 5.41) is 9.08. The van der Waals surface area contributed by atoms with Crippen LogP contribution in [0.25, 0.3) is 0 Å². The molecular formula is C20H22N2O3. The highest BCUT2D eigenvalue weighted by atomic mass is 16.4. The third-order valence-electron chi connectivity index (χ3n) is 4.82. The number of amides is 1. The number of aromatic nitrogens is 1. The van der Waals surface area contributed by atoms with Gasteiger partial charge in [0.1, 0.15) is 5.69 Å². The predicted molar refractivity (Wildman–Crippen MR) is 94.9 cm³/mol. The SMILES string of the molecule is Cc1nc(C(=O)N2CCCC(c3ccccc3)CC2)ccc1C(=O)O. The van der Waals surface area contributed by atoms with Crippen molar-refractivity contribution in [2.75, 3.05) is 13.1 Å². The highest BCUT2D eigenvalue weighted by Gasteiger charge is 2.23. The van der Waals surface area contributed by atoms with Crippen LogP contribution in [0.4, 0.5) is 0 Å². The van der Waals surface area contributed by atoms with E-state index in [1.165, 1.54) is 17.7 Å². The zero-order valence-corrected chi connectivity index (χ0v) is 14.3. The number of carbonyl (C=O) groups is 2. The Hall–Kier alpha value is -2.69. The minimum atomic E-state index is -1.02. The summed E-state index contributed by atoms with van der Waals surface area (Å²) in [4.78, 5) is 29.9. The van der Waals surface area contributed by atoms with Crippen molar-refractivity contribution in [3.8, 4) is 0 Å². The van der Waals surface area contributed by atoms with Crippen molar-refractivity contribution in [3.63, 3.8) is 0 Å². The second-order valence-corrected chi connectivity index (χ2v) is 6.47. The van der Waals surface area contributed by atoms with Crippen LogP contribution in [-0.2, 0) is 0 Å². The van der Waals surface area contributed by atoms with Crippen LogP contribution in [-0.4, -0.2) is 40.0 Å². The first-order valence-corrected chi connectivity index (χ1v) is 8.61. The Morgan fingerprint density at radius 3 is 2.52 bits per heavy atom. The van der Waals surface area contributed by atoms with Gasteiger partial charge in [-0.25, -0.2) is 9.78 Å². The molecule has 1 aromatic carbocycles. The molecule has 0 bridgehead atoms. The van der Waals surface area contributed by atoms with Crippen LogP contribution in [0.3, 0.4) is 0 Å². The van der Waals surface area contributed by atoms with E-state index < -0.39 is 5.97 Å². The molecular weight excluding hydrogens is 316 g/mol. The van der Waals surface area contributed by atoms with Gasteiger partial charge < -0.3 is 10.0 Å². The zero-order valence-electron chi connectivity index (χ0n) is 14.3. The largest absolute Gasteiger partial charge is 0.478 e. The average Bonchev–Trinajstić information content (AvgIpc) is 2.87. The first-order chi connectivity index (χ1) is 12.1. The highest BCUT2D eigenvalue weighted by Crippen LogP contribution is 2.28. The maximum atomic E-state index is 12.7. The van der Waals surface area contributed by atoms with E-state index in [4.69, 9.17) is 5.11 Å². The summed E-state index contributed by atoms with van der Waals surface area (Å²) in [5.74, 6) is -0.665. The minimum Gasteiger partial charge on any atom is -0.478 e. The molecule has 1 atom stereocenters. The van der Waals surface area contributed by atoms with Crippen molar-refractivity contribution >= 4 is 11.9 Å². The molecule has 25 heavy (non-hydrogen) atoms. The molecule has 1 amide bonds. The Morgan fingerprint density at radius 2 is 1.84 bits per heavy atom. The number of aromatic carboxylic acids is 1. The third kappa shape index (κ3) is 3.87. The van der Waals surface area contributed by atoms with Gasteiger partial charge >= 0.3 is 5.97 Å². The lowest BCUT2D eigenvalue weighted by Gasteiger charge is -2.20. The smallest absolute Gasteiger partial charge is 0.337 e. The number of aryl methyl sites for hydroxylation is 1. The Labute approximate surface area is 147 Å². The number of hydrogen-bond donors (Lipinski definition) is 1. The van der Waals surface area contributed by atoms with Gasteiger partial charge in [0, 0.05) is 13.1 Å². The van der Waals surface area contributed by atoms with Crippen molar-refractivity contribution in [1.29, 1.82) is 0 Å². The first kappa shape index (κ1) is 17.1. The molecule has 130 valence electrons. The Morgan fingerprint density at radius 1 is 1.08 bits per heavy atom. The van der Waals surface area contributed by atoms with Gasteiger partial charge in [-0.2, -0.15) is 0 Å². The zero-order chi connectivity index (χ0) is 17.8. The molecule has 0 radical (unpaired) electrons. The standard InChI is InChI=1S/C20H22N2O3/c1-14-17(20(24)25)9-10-18(21-14)19(23)22-12-5-8-16(11-13-22)15-6-3-2-4-7-15/h2-4,6-7,9-10,16H,5,8,11-13H2,1H3,(H,24,25). The number of nitrogens with zero attached hydrogens (tertiary/aromatic N) is 2. The highest BCUT2D eigenvalue weighted by molar-refractivity contribution is 5.94. The maximum Gasteiger partial charge on any atom is 0.337 e. The molecule has 1 aromatic heterocycles. The lowest BCUT2D eigenvalue weighted by atomic mass is 9.92. The summed E-state index contributed by atoms with van der Waals surface area (Å²) >= 11 is 0. The second-order valence-electron chi connectivity index (χ2n) is 6.47. The monoisotopic (exact) mass is 338 g/mol. The third-order valence-corrected chi connectivity index (χ3v) is 4.82. The van der Waals surface area contributed by atoms with Gasteiger partial charge in [0.2, 0.25) is 0 Å². The summed E-state index contributed by atoms with van der Waals surface area (Å²) < 4.78 is 0. The van der Waals surface area contributed by atoms with Gasteiger partial charge in [0.15, 0.2) is 0 Å². The van der Waals surface area contributed by atoms with Crippen LogP contribution in [0.1, 0.15) is 57.3 Å².